The van der Waals surface area contributed by atoms with Crippen molar-refractivity contribution in [2.75, 3.05) is 29.0 Å². The molecule has 1 aliphatic rings. The van der Waals surface area contributed by atoms with Crippen LogP contribution >= 0.6 is 11.6 Å². The molecular formula is C19H25ClN6O. The molecule has 1 fully saturated rings. The van der Waals surface area contributed by atoms with E-state index < -0.39 is 0 Å². The van der Waals surface area contributed by atoms with E-state index in [1.165, 1.54) is 0 Å². The molecule has 0 radical (unpaired) electrons. The average Bonchev–Trinajstić information content (AvgIpc) is 3.06. The number of carbonyl (C=O) groups is 1. The maximum absolute atomic E-state index is 11.2. The number of anilines is 4. The normalized spacial score (nSPS) is 16.5. The lowest BCUT2D eigenvalue weighted by molar-refractivity contribution is -0.118. The van der Waals surface area contributed by atoms with Gasteiger partial charge < -0.3 is 21.7 Å². The Bertz CT molecular complexity index is 828. The molecule has 1 amide bonds. The molecule has 0 saturated carbocycles. The molecule has 1 saturated heterocycles. The van der Waals surface area contributed by atoms with Gasteiger partial charge in [0.15, 0.2) is 0 Å². The van der Waals surface area contributed by atoms with Gasteiger partial charge in [0.05, 0.1) is 10.7 Å². The number of aryl methyl sites for hydroxylation is 1. The number of halogens is 1. The van der Waals surface area contributed by atoms with Crippen molar-refractivity contribution in [3.63, 3.8) is 0 Å². The molecule has 7 nitrogen and oxygen atoms in total. The molecule has 2 heterocycles. The first-order chi connectivity index (χ1) is 12.9. The number of nitrogens with zero attached hydrogens (tertiary/aromatic N) is 3. The van der Waals surface area contributed by atoms with Crippen molar-refractivity contribution in [1.82, 2.24) is 9.97 Å². The molecule has 0 bridgehead atoms. The van der Waals surface area contributed by atoms with Gasteiger partial charge >= 0.3 is 0 Å². The summed E-state index contributed by atoms with van der Waals surface area (Å²) in [6, 6.07) is 7.37. The maximum atomic E-state index is 11.2. The Hall–Kier alpha value is -2.54. The van der Waals surface area contributed by atoms with Gasteiger partial charge in [-0.25, -0.2) is 4.98 Å². The van der Waals surface area contributed by atoms with Gasteiger partial charge in [-0.3, -0.25) is 4.79 Å². The van der Waals surface area contributed by atoms with Gasteiger partial charge in [-0.05, 0) is 37.0 Å². The van der Waals surface area contributed by atoms with Crippen LogP contribution in [0.3, 0.4) is 0 Å². The number of carbonyl (C=O) groups excluding carboxylic acids is 1. The minimum Gasteiger partial charge on any atom is -0.397 e. The van der Waals surface area contributed by atoms with E-state index in [4.69, 9.17) is 23.1 Å². The van der Waals surface area contributed by atoms with Gasteiger partial charge in [-0.15, -0.1) is 0 Å². The van der Waals surface area contributed by atoms with E-state index in [0.717, 1.165) is 49.6 Å². The van der Waals surface area contributed by atoms with E-state index in [9.17, 15) is 4.79 Å². The highest BCUT2D eigenvalue weighted by atomic mass is 35.5. The number of primary amides is 1. The number of amides is 1. The molecule has 1 unspecified atom stereocenters. The third-order valence-corrected chi connectivity index (χ3v) is 4.97. The minimum atomic E-state index is -0.251. The number of rotatable bonds is 7. The predicted molar refractivity (Wildman–Crippen MR) is 109 cm³/mol. The number of nitrogen functional groups attached to an aromatic ring is 1. The topological polar surface area (TPSA) is 110 Å². The lowest BCUT2D eigenvalue weighted by atomic mass is 10.1. The van der Waals surface area contributed by atoms with Gasteiger partial charge in [0.25, 0.3) is 0 Å². The van der Waals surface area contributed by atoms with E-state index in [1.54, 1.807) is 12.1 Å². The summed E-state index contributed by atoms with van der Waals surface area (Å²) in [5.74, 6) is 1.42. The predicted octanol–water partition coefficient (Wildman–Crippen LogP) is 3.11. The third kappa shape index (κ3) is 5.01. The first kappa shape index (κ1) is 19.2. The molecule has 3 rings (SSSR count). The van der Waals surface area contributed by atoms with Gasteiger partial charge in [0.2, 0.25) is 11.9 Å². The number of hydrogen-bond donors (Lipinski definition) is 3. The van der Waals surface area contributed by atoms with Crippen LogP contribution in [-0.2, 0) is 11.2 Å². The monoisotopic (exact) mass is 388 g/mol. The summed E-state index contributed by atoms with van der Waals surface area (Å²) in [5.41, 5.74) is 13.5. The summed E-state index contributed by atoms with van der Waals surface area (Å²) in [7, 11) is 0. The summed E-state index contributed by atoms with van der Waals surface area (Å²) in [4.78, 5) is 22.7. The fraction of sp³-hybridized carbons (Fsp3) is 0.421. The minimum absolute atomic E-state index is 0.251. The summed E-state index contributed by atoms with van der Waals surface area (Å²) >= 11 is 5.99. The molecule has 144 valence electrons. The second-order valence-electron chi connectivity index (χ2n) is 6.92. The second-order valence-corrected chi connectivity index (χ2v) is 7.33. The molecule has 8 heteroatoms. The lowest BCUT2D eigenvalue weighted by Crippen LogP contribution is -2.23. The Morgan fingerprint density at radius 3 is 2.89 bits per heavy atom. The molecule has 0 aliphatic carbocycles. The average molecular weight is 389 g/mol. The number of aromatic nitrogens is 2. The number of benzene rings is 1. The summed E-state index contributed by atoms with van der Waals surface area (Å²) in [6.07, 6.45) is 3.21. The number of nitrogens with two attached hydrogens (primary N) is 2. The van der Waals surface area contributed by atoms with Gasteiger partial charge in [-0.2, -0.15) is 4.98 Å². The molecule has 1 aromatic heterocycles. The molecular weight excluding hydrogens is 364 g/mol. The summed E-state index contributed by atoms with van der Waals surface area (Å²) in [6.45, 7) is 3.75. The highest BCUT2D eigenvalue weighted by Crippen LogP contribution is 2.28. The Morgan fingerprint density at radius 1 is 1.37 bits per heavy atom. The van der Waals surface area contributed by atoms with Crippen LogP contribution in [0, 0.1) is 5.92 Å². The maximum Gasteiger partial charge on any atom is 0.229 e. The Balaban J connectivity index is 1.82. The first-order valence-electron chi connectivity index (χ1n) is 9.18. The van der Waals surface area contributed by atoms with Gasteiger partial charge in [0, 0.05) is 37.0 Å². The lowest BCUT2D eigenvalue weighted by Gasteiger charge is -2.19. The van der Waals surface area contributed by atoms with Crippen molar-refractivity contribution in [3.05, 3.63) is 35.0 Å². The SMILES string of the molecule is CCCc1cc(N2CCC(CC(N)=O)C2)nc(Nc2ccc(Cl)c(N)c2)n1. The van der Waals surface area contributed by atoms with Crippen molar-refractivity contribution in [2.24, 2.45) is 11.7 Å². The molecule has 2 aromatic rings. The zero-order valence-corrected chi connectivity index (χ0v) is 16.2. The van der Waals surface area contributed by atoms with Crippen LogP contribution in [0.15, 0.2) is 24.3 Å². The first-order valence-corrected chi connectivity index (χ1v) is 9.55. The smallest absolute Gasteiger partial charge is 0.229 e. The molecule has 1 atom stereocenters. The molecule has 27 heavy (non-hydrogen) atoms. The zero-order chi connectivity index (χ0) is 19.4. The van der Waals surface area contributed by atoms with E-state index in [0.29, 0.717) is 23.1 Å². The van der Waals surface area contributed by atoms with Crippen LogP contribution in [0.4, 0.5) is 23.1 Å². The zero-order valence-electron chi connectivity index (χ0n) is 15.4. The van der Waals surface area contributed by atoms with E-state index >= 15 is 0 Å². The Labute approximate surface area is 164 Å². The van der Waals surface area contributed by atoms with Crippen molar-refractivity contribution in [3.8, 4) is 0 Å². The standard InChI is InChI=1S/C19H25ClN6O/c1-2-3-13-10-18(26-7-6-12(11-26)8-17(22)27)25-19(23-13)24-14-4-5-15(20)16(21)9-14/h4-5,9-10,12H,2-3,6-8,11,21H2,1H3,(H2,22,27)(H,23,24,25). The van der Waals surface area contributed by atoms with E-state index in [1.807, 2.05) is 12.1 Å². The van der Waals surface area contributed by atoms with Crippen LogP contribution in [0.25, 0.3) is 0 Å². The summed E-state index contributed by atoms with van der Waals surface area (Å²) < 4.78 is 0. The third-order valence-electron chi connectivity index (χ3n) is 4.62. The van der Waals surface area contributed by atoms with Crippen LogP contribution in [0.5, 0.6) is 0 Å². The highest BCUT2D eigenvalue weighted by molar-refractivity contribution is 6.33. The summed E-state index contributed by atoms with van der Waals surface area (Å²) in [5, 5.41) is 3.73. The number of hydrogen-bond acceptors (Lipinski definition) is 6. The van der Waals surface area contributed by atoms with Crippen molar-refractivity contribution >= 4 is 40.6 Å². The Kier molecular flexibility index (Phi) is 6.01. The fourth-order valence-electron chi connectivity index (χ4n) is 3.33. The van der Waals surface area contributed by atoms with E-state index in [2.05, 4.69) is 27.1 Å². The van der Waals surface area contributed by atoms with E-state index in [-0.39, 0.29) is 11.8 Å². The number of nitrogens with one attached hydrogen (secondary N) is 1. The molecule has 1 aromatic carbocycles. The van der Waals surface area contributed by atoms with Crippen molar-refractivity contribution < 1.29 is 4.79 Å². The second kappa shape index (κ2) is 8.43. The van der Waals surface area contributed by atoms with Crippen LogP contribution in [-0.4, -0.2) is 29.0 Å². The highest BCUT2D eigenvalue weighted by Gasteiger charge is 2.25. The van der Waals surface area contributed by atoms with Crippen molar-refractivity contribution in [1.29, 1.82) is 0 Å². The Morgan fingerprint density at radius 2 is 2.19 bits per heavy atom. The van der Waals surface area contributed by atoms with Crippen molar-refractivity contribution in [2.45, 2.75) is 32.6 Å². The molecule has 5 N–H and O–H groups in total. The largest absolute Gasteiger partial charge is 0.397 e. The van der Waals surface area contributed by atoms with Gasteiger partial charge in [-0.1, -0.05) is 24.9 Å². The van der Waals surface area contributed by atoms with Crippen LogP contribution in [0.1, 0.15) is 31.9 Å². The van der Waals surface area contributed by atoms with Crippen LogP contribution in [0.2, 0.25) is 5.02 Å². The van der Waals surface area contributed by atoms with Crippen LogP contribution < -0.4 is 21.7 Å². The molecule has 0 spiro atoms. The quantitative estimate of drug-likeness (QED) is 0.628. The fourth-order valence-corrected chi connectivity index (χ4v) is 3.45. The molecule has 1 aliphatic heterocycles. The van der Waals surface area contributed by atoms with Gasteiger partial charge in [0.1, 0.15) is 5.82 Å².